The van der Waals surface area contributed by atoms with Crippen molar-refractivity contribution in [3.05, 3.63) is 30.2 Å². The molecule has 3 heterocycles. The van der Waals surface area contributed by atoms with E-state index in [9.17, 15) is 4.79 Å². The number of rotatable bonds is 7. The lowest BCUT2D eigenvalue weighted by Crippen LogP contribution is -2.39. The topological polar surface area (TPSA) is 85.5 Å². The molecule has 3 unspecified atom stereocenters. The lowest BCUT2D eigenvalue weighted by molar-refractivity contribution is -0.131. The summed E-state index contributed by atoms with van der Waals surface area (Å²) in [4.78, 5) is 20.8. The van der Waals surface area contributed by atoms with Crippen LogP contribution < -0.4 is 14.8 Å². The number of amides is 1. The van der Waals surface area contributed by atoms with Gasteiger partial charge < -0.3 is 24.5 Å². The number of hydrogen-bond donors (Lipinski definition) is 2. The van der Waals surface area contributed by atoms with E-state index >= 15 is 0 Å². The predicted octanol–water partition coefficient (Wildman–Crippen LogP) is 3.97. The lowest BCUT2D eigenvalue weighted by Gasteiger charge is -2.29. The predicted molar refractivity (Wildman–Crippen MR) is 109 cm³/mol. The summed E-state index contributed by atoms with van der Waals surface area (Å²) in [7, 11) is 0. The minimum atomic E-state index is -0.127. The van der Waals surface area contributed by atoms with Crippen molar-refractivity contribution in [1.82, 2.24) is 15.3 Å². The maximum absolute atomic E-state index is 12.9. The van der Waals surface area contributed by atoms with Crippen LogP contribution in [0.25, 0.3) is 11.3 Å². The molecule has 29 heavy (non-hydrogen) atoms. The van der Waals surface area contributed by atoms with Crippen LogP contribution in [0.4, 0.5) is 0 Å². The number of benzene rings is 1. The maximum Gasteiger partial charge on any atom is 0.231 e. The van der Waals surface area contributed by atoms with Gasteiger partial charge in [0.05, 0.1) is 24.0 Å². The molecule has 7 heteroatoms. The van der Waals surface area contributed by atoms with Gasteiger partial charge in [0.15, 0.2) is 11.5 Å². The van der Waals surface area contributed by atoms with Gasteiger partial charge in [-0.15, -0.1) is 0 Å². The first-order valence-corrected chi connectivity index (χ1v) is 10.5. The smallest absolute Gasteiger partial charge is 0.231 e. The zero-order valence-electron chi connectivity index (χ0n) is 17.1. The van der Waals surface area contributed by atoms with Crippen molar-refractivity contribution in [3.8, 4) is 22.8 Å². The van der Waals surface area contributed by atoms with Crippen LogP contribution in [-0.2, 0) is 9.53 Å². The van der Waals surface area contributed by atoms with E-state index in [0.29, 0.717) is 6.61 Å². The van der Waals surface area contributed by atoms with Gasteiger partial charge in [0.25, 0.3) is 0 Å². The Morgan fingerprint density at radius 2 is 2.17 bits per heavy atom. The molecule has 156 valence electrons. The number of nitrogens with one attached hydrogen (secondary N) is 2. The van der Waals surface area contributed by atoms with Crippen molar-refractivity contribution in [2.45, 2.75) is 58.1 Å². The van der Waals surface area contributed by atoms with Gasteiger partial charge in [0.2, 0.25) is 12.7 Å². The first-order valence-electron chi connectivity index (χ1n) is 10.5. The highest BCUT2D eigenvalue weighted by Crippen LogP contribution is 2.35. The molecule has 0 radical (unpaired) electrons. The molecule has 1 amide bonds. The number of nitrogens with zero attached hydrogens (tertiary/aromatic N) is 1. The van der Waals surface area contributed by atoms with Gasteiger partial charge in [-0.3, -0.25) is 4.79 Å². The normalized spacial score (nSPS) is 21.7. The second-order valence-corrected chi connectivity index (χ2v) is 7.72. The number of carbonyl (C=O) groups excluding carboxylic acids is 1. The summed E-state index contributed by atoms with van der Waals surface area (Å²) >= 11 is 0. The molecule has 2 aromatic rings. The first kappa shape index (κ1) is 19.8. The number of aromatic nitrogens is 2. The van der Waals surface area contributed by atoms with E-state index in [2.05, 4.69) is 29.1 Å². The number of carbonyl (C=O) groups is 1. The van der Waals surface area contributed by atoms with Crippen molar-refractivity contribution in [2.75, 3.05) is 13.4 Å². The molecule has 1 aromatic carbocycles. The second-order valence-electron chi connectivity index (χ2n) is 7.72. The van der Waals surface area contributed by atoms with E-state index in [1.165, 1.54) is 0 Å². The fourth-order valence-corrected chi connectivity index (χ4v) is 3.98. The van der Waals surface area contributed by atoms with E-state index in [0.717, 1.165) is 60.7 Å². The summed E-state index contributed by atoms with van der Waals surface area (Å²) in [5.41, 5.74) is 1.87. The zero-order chi connectivity index (χ0) is 20.2. The molecule has 1 fully saturated rings. The standard InChI is InChI=1S/C22H29N3O4/c1-3-5-17(25-22(26)15-8-9-27-16(4-2)10-15)21-23-12-18(24-21)14-6-7-19-20(11-14)29-13-28-19/h6-7,11-12,15-17H,3-5,8-10,13H2,1-2H3,(H,23,24)(H,25,26). The van der Waals surface area contributed by atoms with Crippen LogP contribution in [0.5, 0.6) is 11.5 Å². The molecule has 3 atom stereocenters. The summed E-state index contributed by atoms with van der Waals surface area (Å²) in [5, 5.41) is 3.22. The third-order valence-electron chi connectivity index (χ3n) is 5.70. The molecule has 1 saturated heterocycles. The maximum atomic E-state index is 12.9. The van der Waals surface area contributed by atoms with Crippen molar-refractivity contribution < 1.29 is 19.0 Å². The van der Waals surface area contributed by atoms with E-state index < -0.39 is 0 Å². The Morgan fingerprint density at radius 3 is 3.00 bits per heavy atom. The van der Waals surface area contributed by atoms with Crippen LogP contribution >= 0.6 is 0 Å². The molecule has 0 saturated carbocycles. The van der Waals surface area contributed by atoms with Crippen molar-refractivity contribution in [3.63, 3.8) is 0 Å². The third-order valence-corrected chi connectivity index (χ3v) is 5.70. The Labute approximate surface area is 171 Å². The van der Waals surface area contributed by atoms with Crippen LogP contribution in [0.3, 0.4) is 0 Å². The fraction of sp³-hybridized carbons (Fsp3) is 0.545. The SMILES string of the molecule is CCCC(NC(=O)C1CCOC(CC)C1)c1ncc(-c2ccc3c(c2)OCO3)[nH]1. The third kappa shape index (κ3) is 4.40. The molecular formula is C22H29N3O4. The monoisotopic (exact) mass is 399 g/mol. The Morgan fingerprint density at radius 1 is 1.31 bits per heavy atom. The zero-order valence-corrected chi connectivity index (χ0v) is 17.1. The first-order chi connectivity index (χ1) is 14.2. The number of hydrogen-bond acceptors (Lipinski definition) is 5. The summed E-state index contributed by atoms with van der Waals surface area (Å²) in [5.74, 6) is 2.39. The van der Waals surface area contributed by atoms with E-state index in [1.54, 1.807) is 0 Å². The highest BCUT2D eigenvalue weighted by Gasteiger charge is 2.29. The van der Waals surface area contributed by atoms with Gasteiger partial charge in [-0.2, -0.15) is 0 Å². The summed E-state index contributed by atoms with van der Waals surface area (Å²) in [6.45, 7) is 5.13. The van der Waals surface area contributed by atoms with Gasteiger partial charge in [0, 0.05) is 18.1 Å². The number of H-pyrrole nitrogens is 1. The van der Waals surface area contributed by atoms with Crippen LogP contribution in [0, 0.1) is 5.92 Å². The van der Waals surface area contributed by atoms with Gasteiger partial charge in [-0.05, 0) is 43.9 Å². The number of fused-ring (bicyclic) bond motifs is 1. The summed E-state index contributed by atoms with van der Waals surface area (Å²) in [6.07, 6.45) is 6.30. The van der Waals surface area contributed by atoms with Gasteiger partial charge in [-0.25, -0.2) is 4.98 Å². The Bertz CT molecular complexity index is 850. The van der Waals surface area contributed by atoms with Crippen molar-refractivity contribution in [1.29, 1.82) is 0 Å². The number of ether oxygens (including phenoxy) is 3. The Kier molecular flexibility index (Phi) is 6.04. The summed E-state index contributed by atoms with van der Waals surface area (Å²) in [6, 6.07) is 5.70. The molecule has 7 nitrogen and oxygen atoms in total. The van der Waals surface area contributed by atoms with Crippen LogP contribution in [-0.4, -0.2) is 35.4 Å². The van der Waals surface area contributed by atoms with Crippen LogP contribution in [0.1, 0.15) is 57.8 Å². The molecule has 2 N–H and O–H groups in total. The summed E-state index contributed by atoms with van der Waals surface area (Å²) < 4.78 is 16.6. The van der Waals surface area contributed by atoms with Crippen molar-refractivity contribution in [2.24, 2.45) is 5.92 Å². The van der Waals surface area contributed by atoms with E-state index in [1.807, 2.05) is 24.4 Å². The molecule has 2 aliphatic rings. The molecule has 4 rings (SSSR count). The second kappa shape index (κ2) is 8.86. The van der Waals surface area contributed by atoms with Gasteiger partial charge in [0.1, 0.15) is 5.82 Å². The van der Waals surface area contributed by atoms with Crippen LogP contribution in [0.15, 0.2) is 24.4 Å². The van der Waals surface area contributed by atoms with Gasteiger partial charge >= 0.3 is 0 Å². The van der Waals surface area contributed by atoms with Crippen LogP contribution in [0.2, 0.25) is 0 Å². The van der Waals surface area contributed by atoms with Gasteiger partial charge in [-0.1, -0.05) is 20.3 Å². The Balaban J connectivity index is 1.47. The molecule has 0 bridgehead atoms. The quantitative estimate of drug-likeness (QED) is 0.736. The molecule has 0 aliphatic carbocycles. The molecule has 2 aliphatic heterocycles. The number of aromatic amines is 1. The van der Waals surface area contributed by atoms with E-state index in [4.69, 9.17) is 14.2 Å². The average molecular weight is 399 g/mol. The average Bonchev–Trinajstić information content (AvgIpc) is 3.42. The number of imidazole rings is 1. The largest absolute Gasteiger partial charge is 0.454 e. The lowest BCUT2D eigenvalue weighted by atomic mass is 9.93. The van der Waals surface area contributed by atoms with E-state index in [-0.39, 0.29) is 30.8 Å². The minimum absolute atomic E-state index is 0.0105. The fourth-order valence-electron chi connectivity index (χ4n) is 3.98. The Hall–Kier alpha value is -2.54. The molecule has 1 aromatic heterocycles. The molecule has 0 spiro atoms. The highest BCUT2D eigenvalue weighted by atomic mass is 16.7. The highest BCUT2D eigenvalue weighted by molar-refractivity contribution is 5.79. The minimum Gasteiger partial charge on any atom is -0.454 e. The van der Waals surface area contributed by atoms with Crippen molar-refractivity contribution >= 4 is 5.91 Å². The molecular weight excluding hydrogens is 370 g/mol.